The number of hydrogen-bond acceptors (Lipinski definition) is 5. The van der Waals surface area contributed by atoms with E-state index in [1.54, 1.807) is 11.8 Å². The standard InChI is InChI=1S/C17H20ClN3O3/c1-12-19-17(24-20-12)13-6-4-8-21(9-13)16(22)11-23-10-14-5-2-3-7-15(14)18/h2-3,5,7,13H,4,6,8-11H2,1H3. The highest BCUT2D eigenvalue weighted by Gasteiger charge is 2.28. The zero-order valence-electron chi connectivity index (χ0n) is 13.6. The summed E-state index contributed by atoms with van der Waals surface area (Å²) < 4.78 is 10.8. The van der Waals surface area contributed by atoms with E-state index in [4.69, 9.17) is 20.9 Å². The predicted molar refractivity (Wildman–Crippen MR) is 88.7 cm³/mol. The number of rotatable bonds is 5. The van der Waals surface area contributed by atoms with Crippen LogP contribution in [0.3, 0.4) is 0 Å². The van der Waals surface area contributed by atoms with Crippen LogP contribution in [0.5, 0.6) is 0 Å². The summed E-state index contributed by atoms with van der Waals surface area (Å²) in [6.45, 7) is 3.49. The van der Waals surface area contributed by atoms with E-state index in [1.807, 2.05) is 24.3 Å². The van der Waals surface area contributed by atoms with Crippen LogP contribution in [0.25, 0.3) is 0 Å². The first-order chi connectivity index (χ1) is 11.6. The fourth-order valence-corrected chi connectivity index (χ4v) is 3.03. The molecule has 0 aliphatic carbocycles. The Morgan fingerprint density at radius 3 is 3.04 bits per heavy atom. The second-order valence-electron chi connectivity index (χ2n) is 5.94. The van der Waals surface area contributed by atoms with Crippen molar-refractivity contribution in [1.82, 2.24) is 15.0 Å². The molecule has 1 aromatic carbocycles. The van der Waals surface area contributed by atoms with E-state index < -0.39 is 0 Å². The van der Waals surface area contributed by atoms with Crippen molar-refractivity contribution in [2.45, 2.75) is 32.3 Å². The first-order valence-corrected chi connectivity index (χ1v) is 8.40. The Bertz CT molecular complexity index is 704. The summed E-state index contributed by atoms with van der Waals surface area (Å²) in [5.74, 6) is 1.31. The Balaban J connectivity index is 1.50. The third-order valence-electron chi connectivity index (χ3n) is 4.11. The van der Waals surface area contributed by atoms with Gasteiger partial charge in [-0.1, -0.05) is 35.0 Å². The van der Waals surface area contributed by atoms with Gasteiger partial charge < -0.3 is 14.2 Å². The Hall–Kier alpha value is -1.92. The number of carbonyl (C=O) groups excluding carboxylic acids is 1. The molecule has 6 nitrogen and oxygen atoms in total. The molecule has 0 spiro atoms. The fourth-order valence-electron chi connectivity index (χ4n) is 2.84. The fraction of sp³-hybridized carbons (Fsp3) is 0.471. The molecule has 1 amide bonds. The lowest BCUT2D eigenvalue weighted by atomic mass is 9.98. The third-order valence-corrected chi connectivity index (χ3v) is 4.48. The van der Waals surface area contributed by atoms with E-state index in [2.05, 4.69) is 10.1 Å². The zero-order valence-corrected chi connectivity index (χ0v) is 14.3. The average Bonchev–Trinajstić information content (AvgIpc) is 3.03. The Labute approximate surface area is 145 Å². The maximum atomic E-state index is 12.4. The van der Waals surface area contributed by atoms with Gasteiger partial charge in [0.2, 0.25) is 11.8 Å². The average molecular weight is 350 g/mol. The first kappa shape index (κ1) is 16.9. The largest absolute Gasteiger partial charge is 0.367 e. The number of halogens is 1. The van der Waals surface area contributed by atoms with Crippen LogP contribution >= 0.6 is 11.6 Å². The van der Waals surface area contributed by atoms with Gasteiger partial charge in [-0.3, -0.25) is 4.79 Å². The number of aryl methyl sites for hydroxylation is 1. The van der Waals surface area contributed by atoms with E-state index >= 15 is 0 Å². The van der Waals surface area contributed by atoms with Gasteiger partial charge in [0.15, 0.2) is 5.82 Å². The number of carbonyl (C=O) groups is 1. The van der Waals surface area contributed by atoms with Crippen molar-refractivity contribution in [1.29, 1.82) is 0 Å². The molecule has 24 heavy (non-hydrogen) atoms. The van der Waals surface area contributed by atoms with Crippen LogP contribution in [-0.4, -0.2) is 40.6 Å². The van der Waals surface area contributed by atoms with Crippen LogP contribution in [0.4, 0.5) is 0 Å². The van der Waals surface area contributed by atoms with Gasteiger partial charge >= 0.3 is 0 Å². The molecule has 128 valence electrons. The minimum Gasteiger partial charge on any atom is -0.367 e. The van der Waals surface area contributed by atoms with Crippen molar-refractivity contribution in [3.63, 3.8) is 0 Å². The molecule has 2 heterocycles. The highest BCUT2D eigenvalue weighted by molar-refractivity contribution is 6.31. The molecule has 2 aromatic rings. The van der Waals surface area contributed by atoms with E-state index in [0.29, 0.717) is 29.9 Å². The van der Waals surface area contributed by atoms with E-state index in [-0.39, 0.29) is 18.4 Å². The zero-order chi connectivity index (χ0) is 16.9. The van der Waals surface area contributed by atoms with Gasteiger partial charge in [0, 0.05) is 18.1 Å². The lowest BCUT2D eigenvalue weighted by Crippen LogP contribution is -2.41. The molecule has 1 unspecified atom stereocenters. The van der Waals surface area contributed by atoms with Gasteiger partial charge in [0.1, 0.15) is 6.61 Å². The molecule has 0 bridgehead atoms. The monoisotopic (exact) mass is 349 g/mol. The van der Waals surface area contributed by atoms with Gasteiger partial charge in [-0.25, -0.2) is 0 Å². The molecule has 0 radical (unpaired) electrons. The minimum atomic E-state index is -0.0250. The smallest absolute Gasteiger partial charge is 0.248 e. The van der Waals surface area contributed by atoms with Crippen LogP contribution in [0.1, 0.15) is 36.0 Å². The summed E-state index contributed by atoms with van der Waals surface area (Å²) in [7, 11) is 0. The molecule has 0 saturated carbocycles. The Kier molecular flexibility index (Phi) is 5.48. The summed E-state index contributed by atoms with van der Waals surface area (Å²) in [6.07, 6.45) is 1.87. The Morgan fingerprint density at radius 2 is 2.29 bits per heavy atom. The quantitative estimate of drug-likeness (QED) is 0.830. The van der Waals surface area contributed by atoms with E-state index in [1.165, 1.54) is 0 Å². The predicted octanol–water partition coefficient (Wildman–Crippen LogP) is 2.95. The Morgan fingerprint density at radius 1 is 1.46 bits per heavy atom. The number of ether oxygens (including phenoxy) is 1. The molecule has 0 N–H and O–H groups in total. The number of hydrogen-bond donors (Lipinski definition) is 0. The maximum absolute atomic E-state index is 12.4. The second-order valence-corrected chi connectivity index (χ2v) is 6.35. The lowest BCUT2D eigenvalue weighted by molar-refractivity contribution is -0.137. The molecule has 1 aromatic heterocycles. The van der Waals surface area contributed by atoms with Gasteiger partial charge in [0.25, 0.3) is 0 Å². The van der Waals surface area contributed by atoms with Gasteiger partial charge in [-0.15, -0.1) is 0 Å². The van der Waals surface area contributed by atoms with E-state index in [0.717, 1.165) is 24.9 Å². The molecule has 1 atom stereocenters. The van der Waals surface area contributed by atoms with Crippen LogP contribution in [0.15, 0.2) is 28.8 Å². The first-order valence-electron chi connectivity index (χ1n) is 8.02. The van der Waals surface area contributed by atoms with Crippen LogP contribution in [-0.2, 0) is 16.1 Å². The van der Waals surface area contributed by atoms with Crippen molar-refractivity contribution in [2.75, 3.05) is 19.7 Å². The normalized spacial score (nSPS) is 17.9. The van der Waals surface area contributed by atoms with Crippen molar-refractivity contribution >= 4 is 17.5 Å². The molecule has 7 heteroatoms. The summed E-state index contributed by atoms with van der Waals surface area (Å²) in [6, 6.07) is 7.46. The highest BCUT2D eigenvalue weighted by atomic mass is 35.5. The van der Waals surface area contributed by atoms with Gasteiger partial charge in [-0.2, -0.15) is 4.98 Å². The molecular formula is C17H20ClN3O3. The second kappa shape index (κ2) is 7.77. The molecule has 3 rings (SSSR count). The van der Waals surface area contributed by atoms with Crippen LogP contribution in [0.2, 0.25) is 5.02 Å². The van der Waals surface area contributed by atoms with Gasteiger partial charge in [-0.05, 0) is 31.4 Å². The van der Waals surface area contributed by atoms with Gasteiger partial charge in [0.05, 0.1) is 12.5 Å². The molecule has 1 aliphatic heterocycles. The molecule has 1 aliphatic rings. The number of nitrogens with zero attached hydrogens (tertiary/aromatic N) is 3. The van der Waals surface area contributed by atoms with Crippen molar-refractivity contribution in [3.05, 3.63) is 46.6 Å². The van der Waals surface area contributed by atoms with Crippen LogP contribution in [0, 0.1) is 6.92 Å². The maximum Gasteiger partial charge on any atom is 0.248 e. The third kappa shape index (κ3) is 4.13. The number of benzene rings is 1. The number of piperidine rings is 1. The number of likely N-dealkylation sites (tertiary alicyclic amines) is 1. The van der Waals surface area contributed by atoms with Crippen LogP contribution < -0.4 is 0 Å². The van der Waals surface area contributed by atoms with E-state index in [9.17, 15) is 4.79 Å². The molecular weight excluding hydrogens is 330 g/mol. The molecule has 1 fully saturated rings. The summed E-state index contributed by atoms with van der Waals surface area (Å²) in [5.41, 5.74) is 0.879. The number of amides is 1. The minimum absolute atomic E-state index is 0.0250. The van der Waals surface area contributed by atoms with Crippen molar-refractivity contribution < 1.29 is 14.1 Å². The summed E-state index contributed by atoms with van der Waals surface area (Å²) in [5, 5.41) is 4.47. The number of aromatic nitrogens is 2. The summed E-state index contributed by atoms with van der Waals surface area (Å²) >= 11 is 6.08. The highest BCUT2D eigenvalue weighted by Crippen LogP contribution is 2.25. The lowest BCUT2D eigenvalue weighted by Gasteiger charge is -2.31. The molecule has 1 saturated heterocycles. The SMILES string of the molecule is Cc1noc(C2CCCN(C(=O)COCc3ccccc3Cl)C2)n1. The van der Waals surface area contributed by atoms with Crippen molar-refractivity contribution in [3.8, 4) is 0 Å². The van der Waals surface area contributed by atoms with Crippen molar-refractivity contribution in [2.24, 2.45) is 0 Å². The topological polar surface area (TPSA) is 68.5 Å². The summed E-state index contributed by atoms with van der Waals surface area (Å²) in [4.78, 5) is 18.4.